The largest absolute Gasteiger partial charge is 0.352 e. The number of nitrogens with zero attached hydrogens (tertiary/aromatic N) is 3. The zero-order valence-electron chi connectivity index (χ0n) is 16.8. The van der Waals surface area contributed by atoms with Crippen molar-refractivity contribution >= 4 is 17.5 Å². The van der Waals surface area contributed by atoms with Crippen LogP contribution < -0.4 is 10.6 Å². The minimum Gasteiger partial charge on any atom is -0.352 e. The maximum absolute atomic E-state index is 12.2. The van der Waals surface area contributed by atoms with Crippen molar-refractivity contribution in [3.63, 3.8) is 0 Å². The molecule has 2 amide bonds. The molecule has 0 spiro atoms. The van der Waals surface area contributed by atoms with E-state index in [0.29, 0.717) is 11.3 Å². The highest BCUT2D eigenvalue weighted by atomic mass is 16.2. The fourth-order valence-electron chi connectivity index (χ4n) is 3.61. The Hall–Kier alpha value is -3.48. The highest BCUT2D eigenvalue weighted by Crippen LogP contribution is 2.24. The molecular weight excluding hydrogens is 378 g/mol. The van der Waals surface area contributed by atoms with Crippen molar-refractivity contribution in [1.82, 2.24) is 20.1 Å². The highest BCUT2D eigenvalue weighted by Gasteiger charge is 2.16. The lowest BCUT2D eigenvalue weighted by Gasteiger charge is -2.09. The monoisotopic (exact) mass is 403 g/mol. The predicted molar refractivity (Wildman–Crippen MR) is 115 cm³/mol. The van der Waals surface area contributed by atoms with Crippen molar-refractivity contribution in [2.45, 2.75) is 38.6 Å². The Bertz CT molecular complexity index is 1010. The highest BCUT2D eigenvalue weighted by molar-refractivity contribution is 5.95. The summed E-state index contributed by atoms with van der Waals surface area (Å²) in [6, 6.07) is 16.6. The number of rotatable bonds is 6. The number of hydrogen-bond acceptors (Lipinski definition) is 4. The molecule has 0 saturated heterocycles. The van der Waals surface area contributed by atoms with Gasteiger partial charge in [-0.15, -0.1) is 10.2 Å². The van der Waals surface area contributed by atoms with Gasteiger partial charge in [-0.05, 0) is 49.2 Å². The number of aryl methyl sites for hydroxylation is 1. The summed E-state index contributed by atoms with van der Waals surface area (Å²) in [5.74, 6) is 1.61. The van der Waals surface area contributed by atoms with Gasteiger partial charge in [-0.2, -0.15) is 0 Å². The van der Waals surface area contributed by atoms with Crippen LogP contribution in [0.4, 0.5) is 5.69 Å². The van der Waals surface area contributed by atoms with Crippen LogP contribution in [-0.4, -0.2) is 33.1 Å². The van der Waals surface area contributed by atoms with Gasteiger partial charge < -0.3 is 15.2 Å². The molecule has 7 nitrogen and oxygen atoms in total. The number of amides is 2. The molecule has 0 fully saturated rings. The van der Waals surface area contributed by atoms with E-state index in [1.807, 2.05) is 42.5 Å². The summed E-state index contributed by atoms with van der Waals surface area (Å²) in [6.45, 7) is 1.23. The van der Waals surface area contributed by atoms with E-state index in [4.69, 9.17) is 0 Å². The molecule has 0 radical (unpaired) electrons. The van der Waals surface area contributed by atoms with Gasteiger partial charge in [-0.3, -0.25) is 9.59 Å². The molecule has 0 aliphatic carbocycles. The van der Waals surface area contributed by atoms with Crippen LogP contribution in [0, 0.1) is 0 Å². The molecule has 154 valence electrons. The van der Waals surface area contributed by atoms with Gasteiger partial charge in [0.1, 0.15) is 5.82 Å². The second-order valence-electron chi connectivity index (χ2n) is 7.40. The molecule has 7 heteroatoms. The fourth-order valence-corrected chi connectivity index (χ4v) is 3.61. The summed E-state index contributed by atoms with van der Waals surface area (Å²) < 4.78 is 2.20. The molecular formula is C23H25N5O2. The van der Waals surface area contributed by atoms with Crippen molar-refractivity contribution in [3.05, 3.63) is 66.0 Å². The lowest BCUT2D eigenvalue weighted by atomic mass is 10.2. The summed E-state index contributed by atoms with van der Waals surface area (Å²) >= 11 is 0. The number of benzene rings is 2. The lowest BCUT2D eigenvalue weighted by molar-refractivity contribution is -0.116. The fraction of sp³-hybridized carbons (Fsp3) is 0.304. The minimum absolute atomic E-state index is 0.146. The summed E-state index contributed by atoms with van der Waals surface area (Å²) in [6.07, 6.45) is 4.71. The Balaban J connectivity index is 1.30. The number of nitrogens with one attached hydrogen (secondary N) is 2. The van der Waals surface area contributed by atoms with Crippen molar-refractivity contribution in [2.75, 3.05) is 11.9 Å². The normalized spacial score (nSPS) is 13.2. The molecule has 2 aromatic carbocycles. The molecule has 3 aromatic rings. The Morgan fingerprint density at radius 1 is 0.933 bits per heavy atom. The first-order valence-corrected chi connectivity index (χ1v) is 10.4. The van der Waals surface area contributed by atoms with E-state index < -0.39 is 0 Å². The first kappa shape index (κ1) is 19.8. The second kappa shape index (κ2) is 9.35. The smallest absolute Gasteiger partial charge is 0.251 e. The van der Waals surface area contributed by atoms with E-state index in [1.54, 1.807) is 12.1 Å². The van der Waals surface area contributed by atoms with E-state index in [9.17, 15) is 9.59 Å². The molecule has 0 bridgehead atoms. The molecule has 0 unspecified atom stereocenters. The Labute approximate surface area is 175 Å². The Morgan fingerprint density at radius 3 is 2.53 bits per heavy atom. The zero-order valence-corrected chi connectivity index (χ0v) is 16.8. The van der Waals surface area contributed by atoms with Crippen LogP contribution >= 0.6 is 0 Å². The van der Waals surface area contributed by atoms with E-state index in [1.165, 1.54) is 6.42 Å². The van der Waals surface area contributed by atoms with E-state index in [0.717, 1.165) is 43.0 Å². The molecule has 1 aliphatic rings. The summed E-state index contributed by atoms with van der Waals surface area (Å²) in [5.41, 5.74) is 2.29. The number of carbonyl (C=O) groups excluding carboxylic acids is 2. The van der Waals surface area contributed by atoms with Crippen LogP contribution in [0.25, 0.3) is 11.4 Å². The average Bonchev–Trinajstić information content (AvgIpc) is 3.03. The van der Waals surface area contributed by atoms with Gasteiger partial charge in [0.15, 0.2) is 5.82 Å². The van der Waals surface area contributed by atoms with Gasteiger partial charge in [-0.1, -0.05) is 24.6 Å². The summed E-state index contributed by atoms with van der Waals surface area (Å²) in [5, 5.41) is 14.3. The Morgan fingerprint density at radius 2 is 1.73 bits per heavy atom. The van der Waals surface area contributed by atoms with Crippen molar-refractivity contribution in [3.8, 4) is 11.4 Å². The number of anilines is 1. The quantitative estimate of drug-likeness (QED) is 0.660. The average molecular weight is 403 g/mol. The zero-order chi connectivity index (χ0) is 20.8. The van der Waals surface area contributed by atoms with E-state index in [2.05, 4.69) is 25.4 Å². The standard InChI is InChI=1S/C23H25N5O2/c29-21(14-15-24-23(30)18-7-3-1-4-8-18)25-19-12-10-17(11-13-19)22-27-26-20-9-5-2-6-16-28(20)22/h1,3-4,7-8,10-13H,2,5-6,9,14-16H2,(H,24,30)(H,25,29). The summed E-state index contributed by atoms with van der Waals surface area (Å²) in [7, 11) is 0. The van der Waals surface area contributed by atoms with Crippen molar-refractivity contribution in [1.29, 1.82) is 0 Å². The van der Waals surface area contributed by atoms with Crippen LogP contribution in [0.2, 0.25) is 0 Å². The molecule has 2 N–H and O–H groups in total. The topological polar surface area (TPSA) is 88.9 Å². The Kier molecular flexibility index (Phi) is 6.17. The first-order valence-electron chi connectivity index (χ1n) is 10.4. The van der Waals surface area contributed by atoms with Crippen LogP contribution in [0.1, 0.15) is 41.9 Å². The number of aromatic nitrogens is 3. The molecule has 4 rings (SSSR count). The molecule has 1 aromatic heterocycles. The molecule has 30 heavy (non-hydrogen) atoms. The third-order valence-corrected chi connectivity index (χ3v) is 5.21. The van der Waals surface area contributed by atoms with Crippen LogP contribution in [0.15, 0.2) is 54.6 Å². The number of hydrogen-bond donors (Lipinski definition) is 2. The maximum Gasteiger partial charge on any atom is 0.251 e. The van der Waals surface area contributed by atoms with Gasteiger partial charge in [0.2, 0.25) is 5.91 Å². The minimum atomic E-state index is -0.180. The van der Waals surface area contributed by atoms with Gasteiger partial charge >= 0.3 is 0 Å². The van der Waals surface area contributed by atoms with Gasteiger partial charge in [0.05, 0.1) is 0 Å². The van der Waals surface area contributed by atoms with Crippen molar-refractivity contribution < 1.29 is 9.59 Å². The second-order valence-corrected chi connectivity index (χ2v) is 7.40. The molecule has 0 saturated carbocycles. The van der Waals surface area contributed by atoms with Crippen LogP contribution in [0.3, 0.4) is 0 Å². The van der Waals surface area contributed by atoms with Gasteiger partial charge in [0.25, 0.3) is 5.91 Å². The SMILES string of the molecule is O=C(CCNC(=O)c1ccccc1)Nc1ccc(-c2nnc3n2CCCCC3)cc1. The van der Waals surface area contributed by atoms with Gasteiger partial charge in [-0.25, -0.2) is 0 Å². The summed E-state index contributed by atoms with van der Waals surface area (Å²) in [4.78, 5) is 24.2. The third kappa shape index (κ3) is 4.74. The lowest BCUT2D eigenvalue weighted by Crippen LogP contribution is -2.27. The third-order valence-electron chi connectivity index (χ3n) is 5.21. The number of fused-ring (bicyclic) bond motifs is 1. The van der Waals surface area contributed by atoms with Gasteiger partial charge in [0, 0.05) is 42.7 Å². The van der Waals surface area contributed by atoms with Crippen molar-refractivity contribution in [2.24, 2.45) is 0 Å². The maximum atomic E-state index is 12.2. The van der Waals surface area contributed by atoms with Crippen LogP contribution in [0.5, 0.6) is 0 Å². The van der Waals surface area contributed by atoms with E-state index in [-0.39, 0.29) is 24.8 Å². The molecule has 1 aliphatic heterocycles. The van der Waals surface area contributed by atoms with Crippen LogP contribution in [-0.2, 0) is 17.8 Å². The number of carbonyl (C=O) groups is 2. The predicted octanol–water partition coefficient (Wildman–Crippen LogP) is 3.43. The molecule has 2 heterocycles. The van der Waals surface area contributed by atoms with E-state index >= 15 is 0 Å². The first-order chi connectivity index (χ1) is 14.7. The molecule has 0 atom stereocenters.